The number of nitrogens with one attached hydrogen (secondary N) is 2. The molecule has 2 unspecified atom stereocenters. The molecule has 0 saturated heterocycles. The lowest BCUT2D eigenvalue weighted by Gasteiger charge is -2.30. The predicted octanol–water partition coefficient (Wildman–Crippen LogP) is 1.21. The van der Waals surface area contributed by atoms with Crippen LogP contribution in [0.25, 0.3) is 0 Å². The number of ether oxygens (including phenoxy) is 1. The number of halogens is 3. The summed E-state index contributed by atoms with van der Waals surface area (Å²) in [6.07, 6.45) is -2.07. The van der Waals surface area contributed by atoms with E-state index in [9.17, 15) is 18.0 Å². The van der Waals surface area contributed by atoms with Crippen LogP contribution in [0.2, 0.25) is 0 Å². The van der Waals surface area contributed by atoms with E-state index < -0.39 is 18.9 Å². The Morgan fingerprint density at radius 1 is 1.39 bits per heavy atom. The second kappa shape index (κ2) is 6.94. The maximum Gasteiger partial charge on any atom is 0.411 e. The van der Waals surface area contributed by atoms with Crippen LogP contribution in [0.5, 0.6) is 0 Å². The SMILES string of the molecule is CNCC(=O)NC1CCCC(OCC(F)(F)F)C1. The molecule has 0 bridgehead atoms. The fourth-order valence-electron chi connectivity index (χ4n) is 2.08. The van der Waals surface area contributed by atoms with E-state index in [0.29, 0.717) is 12.8 Å². The van der Waals surface area contributed by atoms with E-state index in [2.05, 4.69) is 10.6 Å². The molecule has 18 heavy (non-hydrogen) atoms. The quantitative estimate of drug-likeness (QED) is 0.788. The summed E-state index contributed by atoms with van der Waals surface area (Å²) in [4.78, 5) is 11.3. The molecule has 0 aliphatic heterocycles. The lowest BCUT2D eigenvalue weighted by molar-refractivity contribution is -0.188. The minimum absolute atomic E-state index is 0.0853. The van der Waals surface area contributed by atoms with Crippen LogP contribution in [0.15, 0.2) is 0 Å². The molecule has 0 aromatic carbocycles. The highest BCUT2D eigenvalue weighted by Crippen LogP contribution is 2.24. The third-order valence-corrected chi connectivity index (χ3v) is 2.81. The van der Waals surface area contributed by atoms with E-state index in [0.717, 1.165) is 12.8 Å². The van der Waals surface area contributed by atoms with Crippen LogP contribution in [0.1, 0.15) is 25.7 Å². The first-order valence-electron chi connectivity index (χ1n) is 6.03. The fraction of sp³-hybridized carbons (Fsp3) is 0.909. The standard InChI is InChI=1S/C11H19F3N2O2/c1-15-6-10(17)16-8-3-2-4-9(5-8)18-7-11(12,13)14/h8-9,15H,2-7H2,1H3,(H,16,17). The summed E-state index contributed by atoms with van der Waals surface area (Å²) in [5.41, 5.74) is 0. The van der Waals surface area contributed by atoms with E-state index in [-0.39, 0.29) is 18.5 Å². The van der Waals surface area contributed by atoms with E-state index in [4.69, 9.17) is 4.74 Å². The second-order valence-electron chi connectivity index (χ2n) is 4.51. The number of carbonyl (C=O) groups excluding carboxylic acids is 1. The number of alkyl halides is 3. The molecule has 0 spiro atoms. The topological polar surface area (TPSA) is 50.4 Å². The van der Waals surface area contributed by atoms with Gasteiger partial charge in [-0.3, -0.25) is 4.79 Å². The summed E-state index contributed by atoms with van der Waals surface area (Å²) in [6.45, 7) is -1.00. The fourth-order valence-corrected chi connectivity index (χ4v) is 2.08. The van der Waals surface area contributed by atoms with Gasteiger partial charge in [-0.15, -0.1) is 0 Å². The average Bonchev–Trinajstić information content (AvgIpc) is 2.26. The van der Waals surface area contributed by atoms with Gasteiger partial charge in [0.2, 0.25) is 5.91 Å². The number of carbonyl (C=O) groups is 1. The van der Waals surface area contributed by atoms with Gasteiger partial charge in [0.25, 0.3) is 0 Å². The molecule has 1 rings (SSSR count). The Hall–Kier alpha value is -0.820. The number of amides is 1. The van der Waals surface area contributed by atoms with Gasteiger partial charge in [0.1, 0.15) is 6.61 Å². The van der Waals surface area contributed by atoms with Crippen molar-refractivity contribution in [3.63, 3.8) is 0 Å². The Balaban J connectivity index is 2.30. The van der Waals surface area contributed by atoms with Crippen molar-refractivity contribution >= 4 is 5.91 Å². The van der Waals surface area contributed by atoms with Crippen LogP contribution in [0, 0.1) is 0 Å². The lowest BCUT2D eigenvalue weighted by atomic mass is 9.93. The summed E-state index contributed by atoms with van der Waals surface area (Å²) in [6, 6.07) is -0.0853. The molecule has 1 aliphatic rings. The van der Waals surface area contributed by atoms with Gasteiger partial charge >= 0.3 is 6.18 Å². The molecule has 7 heteroatoms. The molecule has 0 heterocycles. The molecule has 0 radical (unpaired) electrons. The number of hydrogen-bond donors (Lipinski definition) is 2. The number of hydrogen-bond acceptors (Lipinski definition) is 3. The molecule has 106 valence electrons. The summed E-state index contributed by atoms with van der Waals surface area (Å²) >= 11 is 0. The lowest BCUT2D eigenvalue weighted by Crippen LogP contribution is -2.43. The van der Waals surface area contributed by atoms with Crippen molar-refractivity contribution in [3.8, 4) is 0 Å². The molecule has 2 N–H and O–H groups in total. The van der Waals surface area contributed by atoms with E-state index in [1.807, 2.05) is 0 Å². The van der Waals surface area contributed by atoms with Crippen LogP contribution in [0.3, 0.4) is 0 Å². The zero-order chi connectivity index (χ0) is 13.6. The van der Waals surface area contributed by atoms with Gasteiger partial charge in [-0.1, -0.05) is 0 Å². The van der Waals surface area contributed by atoms with Crippen molar-refractivity contribution in [2.24, 2.45) is 0 Å². The molecule has 2 atom stereocenters. The number of rotatable bonds is 5. The van der Waals surface area contributed by atoms with E-state index in [1.54, 1.807) is 7.05 Å². The molecule has 1 fully saturated rings. The average molecular weight is 268 g/mol. The third-order valence-electron chi connectivity index (χ3n) is 2.81. The Bertz CT molecular complexity index is 272. The monoisotopic (exact) mass is 268 g/mol. The Labute approximate surface area is 104 Å². The first-order chi connectivity index (χ1) is 8.40. The zero-order valence-electron chi connectivity index (χ0n) is 10.3. The molecule has 1 amide bonds. The first kappa shape index (κ1) is 15.2. The van der Waals surface area contributed by atoms with Gasteiger partial charge in [0, 0.05) is 6.04 Å². The van der Waals surface area contributed by atoms with Crippen LogP contribution in [-0.4, -0.2) is 44.4 Å². The van der Waals surface area contributed by atoms with Gasteiger partial charge in [-0.25, -0.2) is 0 Å². The minimum Gasteiger partial charge on any atom is -0.369 e. The van der Waals surface area contributed by atoms with Crippen LogP contribution >= 0.6 is 0 Å². The summed E-state index contributed by atoms with van der Waals surface area (Å²) in [5, 5.41) is 5.51. The smallest absolute Gasteiger partial charge is 0.369 e. The molecule has 1 saturated carbocycles. The normalized spacial score (nSPS) is 24.9. The third kappa shape index (κ3) is 6.20. The molecular formula is C11H19F3N2O2. The maximum absolute atomic E-state index is 12.0. The molecular weight excluding hydrogens is 249 g/mol. The highest BCUT2D eigenvalue weighted by molar-refractivity contribution is 5.78. The second-order valence-corrected chi connectivity index (χ2v) is 4.51. The van der Waals surface area contributed by atoms with Gasteiger partial charge in [-0.05, 0) is 32.7 Å². The van der Waals surface area contributed by atoms with Crippen LogP contribution in [0.4, 0.5) is 13.2 Å². The molecule has 1 aliphatic carbocycles. The Kier molecular flexibility index (Phi) is 5.87. The molecule has 0 aromatic rings. The Morgan fingerprint density at radius 3 is 2.72 bits per heavy atom. The van der Waals surface area contributed by atoms with Crippen molar-refractivity contribution in [1.29, 1.82) is 0 Å². The van der Waals surface area contributed by atoms with Gasteiger partial charge in [-0.2, -0.15) is 13.2 Å². The molecule has 0 aromatic heterocycles. The van der Waals surface area contributed by atoms with Gasteiger partial charge < -0.3 is 15.4 Å². The first-order valence-corrected chi connectivity index (χ1v) is 6.03. The predicted molar refractivity (Wildman–Crippen MR) is 60.1 cm³/mol. The number of likely N-dealkylation sites (N-methyl/N-ethyl adjacent to an activating group) is 1. The van der Waals surface area contributed by atoms with Gasteiger partial charge in [0.05, 0.1) is 12.6 Å². The highest BCUT2D eigenvalue weighted by Gasteiger charge is 2.31. The van der Waals surface area contributed by atoms with Crippen LogP contribution < -0.4 is 10.6 Å². The van der Waals surface area contributed by atoms with Crippen molar-refractivity contribution in [2.45, 2.75) is 44.0 Å². The van der Waals surface area contributed by atoms with Crippen molar-refractivity contribution < 1.29 is 22.7 Å². The van der Waals surface area contributed by atoms with Gasteiger partial charge in [0.15, 0.2) is 0 Å². The summed E-state index contributed by atoms with van der Waals surface area (Å²) in [7, 11) is 1.66. The Morgan fingerprint density at radius 2 is 2.11 bits per heavy atom. The minimum atomic E-state index is -4.29. The van der Waals surface area contributed by atoms with Crippen molar-refractivity contribution in [3.05, 3.63) is 0 Å². The van der Waals surface area contributed by atoms with Crippen molar-refractivity contribution in [1.82, 2.24) is 10.6 Å². The zero-order valence-corrected chi connectivity index (χ0v) is 10.3. The van der Waals surface area contributed by atoms with E-state index >= 15 is 0 Å². The largest absolute Gasteiger partial charge is 0.411 e. The molecule has 4 nitrogen and oxygen atoms in total. The van der Waals surface area contributed by atoms with Crippen molar-refractivity contribution in [2.75, 3.05) is 20.2 Å². The summed E-state index contributed by atoms with van der Waals surface area (Å²) in [5.74, 6) is -0.140. The van der Waals surface area contributed by atoms with E-state index in [1.165, 1.54) is 0 Å². The highest BCUT2D eigenvalue weighted by atomic mass is 19.4. The summed E-state index contributed by atoms with van der Waals surface area (Å²) < 4.78 is 40.9. The van der Waals surface area contributed by atoms with Crippen LogP contribution in [-0.2, 0) is 9.53 Å². The maximum atomic E-state index is 12.0.